The van der Waals surface area contributed by atoms with Crippen molar-refractivity contribution in [2.75, 3.05) is 6.61 Å². The van der Waals surface area contributed by atoms with Gasteiger partial charge in [0.2, 0.25) is 0 Å². The van der Waals surface area contributed by atoms with Gasteiger partial charge in [-0.1, -0.05) is 30.8 Å². The summed E-state index contributed by atoms with van der Waals surface area (Å²) < 4.78 is 4.80. The molecule has 0 aliphatic rings. The van der Waals surface area contributed by atoms with E-state index in [2.05, 4.69) is 23.9 Å². The van der Waals surface area contributed by atoms with Crippen LogP contribution >= 0.6 is 11.6 Å². The van der Waals surface area contributed by atoms with Crippen molar-refractivity contribution >= 4 is 23.3 Å². The largest absolute Gasteiger partial charge is 0.461 e. The average Bonchev–Trinajstić information content (AvgIpc) is 2.33. The van der Waals surface area contributed by atoms with Gasteiger partial charge in [0.25, 0.3) is 0 Å². The Bertz CT molecular complexity index is 430. The van der Waals surface area contributed by atoms with Crippen LogP contribution in [0.1, 0.15) is 13.8 Å². The number of esters is 1. The van der Waals surface area contributed by atoms with Crippen molar-refractivity contribution in [2.45, 2.75) is 13.8 Å². The molecule has 0 aromatic rings. The van der Waals surface area contributed by atoms with E-state index < -0.39 is 5.97 Å². The predicted molar refractivity (Wildman–Crippen MR) is 69.7 cm³/mol. The van der Waals surface area contributed by atoms with E-state index in [4.69, 9.17) is 22.1 Å². The molecule has 0 atom stereocenters. The second-order valence-corrected chi connectivity index (χ2v) is 3.31. The smallest absolute Gasteiger partial charge is 0.359 e. The van der Waals surface area contributed by atoms with E-state index in [1.165, 1.54) is 6.08 Å². The van der Waals surface area contributed by atoms with Gasteiger partial charge in [0.1, 0.15) is 10.9 Å². The molecule has 5 heteroatoms. The van der Waals surface area contributed by atoms with Crippen molar-refractivity contribution in [1.82, 2.24) is 0 Å². The van der Waals surface area contributed by atoms with Gasteiger partial charge < -0.3 is 10.5 Å². The van der Waals surface area contributed by atoms with Gasteiger partial charge in [-0.15, -0.1) is 5.73 Å². The van der Waals surface area contributed by atoms with Crippen molar-refractivity contribution in [3.05, 3.63) is 41.4 Å². The number of halogens is 1. The number of aliphatic imine (C=N–C) groups is 1. The minimum Gasteiger partial charge on any atom is -0.461 e. The second-order valence-electron chi connectivity index (χ2n) is 2.95. The van der Waals surface area contributed by atoms with Crippen LogP contribution in [0.15, 0.2) is 46.4 Å². The van der Waals surface area contributed by atoms with Crippen molar-refractivity contribution < 1.29 is 9.53 Å². The predicted octanol–water partition coefficient (Wildman–Crippen LogP) is 2.27. The third-order valence-electron chi connectivity index (χ3n) is 1.76. The summed E-state index contributed by atoms with van der Waals surface area (Å²) in [5.74, 6) is -0.670. The molecule has 0 heterocycles. The maximum absolute atomic E-state index is 11.6. The van der Waals surface area contributed by atoms with E-state index in [-0.39, 0.29) is 23.2 Å². The van der Waals surface area contributed by atoms with E-state index in [1.807, 2.05) is 0 Å². The monoisotopic (exact) mass is 254 g/mol. The van der Waals surface area contributed by atoms with Crippen LogP contribution < -0.4 is 5.73 Å². The summed E-state index contributed by atoms with van der Waals surface area (Å²) >= 11 is 5.87. The standard InChI is InChI=1S/C12H15ClN2O2/c1-5-8(4)11(13)15-10(9(14)6-2)12(16)17-7-3/h5H,1-2,7,14H2,3-4H3/b11-8+,15-10+. The van der Waals surface area contributed by atoms with Gasteiger partial charge in [-0.05, 0) is 19.4 Å². The molecule has 0 aromatic heterocycles. The van der Waals surface area contributed by atoms with E-state index in [1.54, 1.807) is 13.8 Å². The molecule has 0 bridgehead atoms. The summed E-state index contributed by atoms with van der Waals surface area (Å²) in [6.07, 6.45) is 1.52. The molecule has 2 N–H and O–H groups in total. The summed E-state index contributed by atoms with van der Waals surface area (Å²) in [6.45, 7) is 10.5. The zero-order valence-electron chi connectivity index (χ0n) is 9.92. The number of ether oxygens (including phenoxy) is 1. The molecule has 0 aromatic carbocycles. The van der Waals surface area contributed by atoms with Gasteiger partial charge in [-0.25, -0.2) is 9.79 Å². The van der Waals surface area contributed by atoms with Crippen LogP contribution in [0.2, 0.25) is 0 Å². The lowest BCUT2D eigenvalue weighted by Crippen LogP contribution is -2.23. The van der Waals surface area contributed by atoms with Crippen molar-refractivity contribution in [3.8, 4) is 0 Å². The van der Waals surface area contributed by atoms with Gasteiger partial charge in [-0.2, -0.15) is 0 Å². The first-order chi connectivity index (χ1) is 7.97. The van der Waals surface area contributed by atoms with Crippen LogP contribution in [0.4, 0.5) is 0 Å². The molecule has 0 fully saturated rings. The van der Waals surface area contributed by atoms with E-state index >= 15 is 0 Å². The number of carbonyl (C=O) groups excluding carboxylic acids is 1. The van der Waals surface area contributed by atoms with E-state index in [9.17, 15) is 4.79 Å². The summed E-state index contributed by atoms with van der Waals surface area (Å²) in [6, 6.07) is 0. The number of carbonyl (C=O) groups is 1. The Balaban J connectivity index is 5.49. The lowest BCUT2D eigenvalue weighted by atomic mass is 10.3. The van der Waals surface area contributed by atoms with Crippen molar-refractivity contribution in [2.24, 2.45) is 10.7 Å². The normalized spacial score (nSPS) is 12.3. The van der Waals surface area contributed by atoms with Gasteiger partial charge in [-0.3, -0.25) is 0 Å². The minimum atomic E-state index is -0.670. The molecule has 0 amide bonds. The van der Waals surface area contributed by atoms with Crippen molar-refractivity contribution in [1.29, 1.82) is 0 Å². The van der Waals surface area contributed by atoms with Gasteiger partial charge in [0, 0.05) is 0 Å². The summed E-state index contributed by atoms with van der Waals surface area (Å²) in [7, 11) is 0. The molecule has 17 heavy (non-hydrogen) atoms. The van der Waals surface area contributed by atoms with E-state index in [0.29, 0.717) is 5.57 Å². The molecular weight excluding hydrogens is 240 g/mol. The Hall–Kier alpha value is -1.77. The highest BCUT2D eigenvalue weighted by Crippen LogP contribution is 2.13. The Morgan fingerprint density at radius 1 is 1.65 bits per heavy atom. The zero-order valence-corrected chi connectivity index (χ0v) is 10.7. The number of allylic oxidation sites excluding steroid dienone is 2. The van der Waals surface area contributed by atoms with Crippen molar-refractivity contribution in [3.63, 3.8) is 0 Å². The van der Waals surface area contributed by atoms with Crippen LogP contribution in [0.3, 0.4) is 0 Å². The lowest BCUT2D eigenvalue weighted by Gasteiger charge is -2.05. The molecule has 0 rings (SSSR count). The lowest BCUT2D eigenvalue weighted by molar-refractivity contribution is -0.134. The average molecular weight is 255 g/mol. The Labute approximate surface area is 106 Å². The molecule has 0 aliphatic carbocycles. The Kier molecular flexibility index (Phi) is 6.71. The van der Waals surface area contributed by atoms with Crippen LogP contribution in [0.5, 0.6) is 0 Å². The second kappa shape index (κ2) is 7.49. The molecule has 0 spiro atoms. The molecule has 0 unspecified atom stereocenters. The number of rotatable bonds is 5. The first kappa shape index (κ1) is 15.2. The highest BCUT2D eigenvalue weighted by Gasteiger charge is 2.16. The molecule has 0 aliphatic heterocycles. The molecular formula is C12H15ClN2O2. The molecule has 0 saturated heterocycles. The topological polar surface area (TPSA) is 64.7 Å². The summed E-state index contributed by atoms with van der Waals surface area (Å²) in [5.41, 5.74) is 8.40. The Morgan fingerprint density at radius 2 is 2.24 bits per heavy atom. The quantitative estimate of drug-likeness (QED) is 0.269. The molecule has 0 radical (unpaired) electrons. The van der Waals surface area contributed by atoms with Crippen LogP contribution in [-0.2, 0) is 9.53 Å². The fraction of sp³-hybridized carbons (Fsp3) is 0.250. The number of nitrogens with zero attached hydrogens (tertiary/aromatic N) is 1. The number of nitrogens with two attached hydrogens (primary N) is 1. The minimum absolute atomic E-state index is 0.0153. The maximum Gasteiger partial charge on any atom is 0.359 e. The highest BCUT2D eigenvalue weighted by molar-refractivity contribution is 6.44. The first-order valence-corrected chi connectivity index (χ1v) is 5.26. The molecule has 0 saturated carbocycles. The fourth-order valence-electron chi connectivity index (χ4n) is 0.770. The Morgan fingerprint density at radius 3 is 2.65 bits per heavy atom. The third kappa shape index (κ3) is 4.72. The van der Waals surface area contributed by atoms with E-state index in [0.717, 1.165) is 0 Å². The number of hydrogen-bond acceptors (Lipinski definition) is 4. The maximum atomic E-state index is 11.6. The van der Waals surface area contributed by atoms with Crippen LogP contribution in [-0.4, -0.2) is 18.3 Å². The van der Waals surface area contributed by atoms with Crippen LogP contribution in [0.25, 0.3) is 0 Å². The van der Waals surface area contributed by atoms with Gasteiger partial charge in [0.15, 0.2) is 5.71 Å². The molecule has 92 valence electrons. The fourth-order valence-corrected chi connectivity index (χ4v) is 0.931. The highest BCUT2D eigenvalue weighted by atomic mass is 35.5. The zero-order chi connectivity index (χ0) is 13.4. The summed E-state index contributed by atoms with van der Waals surface area (Å²) in [4.78, 5) is 15.4. The summed E-state index contributed by atoms with van der Waals surface area (Å²) in [5, 5.41) is 0.112. The van der Waals surface area contributed by atoms with Gasteiger partial charge in [0.05, 0.1) is 6.61 Å². The molecule has 4 nitrogen and oxygen atoms in total. The van der Waals surface area contributed by atoms with Crippen LogP contribution in [0, 0.1) is 0 Å². The SMILES string of the molecule is C=C=C(N)/C(=N\C(Cl)=C(/C)C=C)C(=O)OCC. The first-order valence-electron chi connectivity index (χ1n) is 4.88. The number of hydrogen-bond donors (Lipinski definition) is 1. The van der Waals surface area contributed by atoms with Gasteiger partial charge >= 0.3 is 5.97 Å². The third-order valence-corrected chi connectivity index (χ3v) is 2.14.